The zero-order valence-electron chi connectivity index (χ0n) is 17.3. The van der Waals surface area contributed by atoms with E-state index in [1.165, 1.54) is 0 Å². The molecule has 0 fully saturated rings. The first-order valence-electron chi connectivity index (χ1n) is 9.29. The number of nitrogens with one attached hydrogen (secondary N) is 1. The Morgan fingerprint density at radius 2 is 1.15 bits per heavy atom. The van der Waals surface area contributed by atoms with Crippen molar-refractivity contribution >= 4 is 11.9 Å². The van der Waals surface area contributed by atoms with Gasteiger partial charge < -0.3 is 24.3 Å². The predicted octanol–water partition coefficient (Wildman–Crippen LogP) is 2.46. The van der Waals surface area contributed by atoms with Crippen LogP contribution in [0.1, 0.15) is 60.8 Å². The van der Waals surface area contributed by atoms with Gasteiger partial charge in [0.15, 0.2) is 0 Å². The van der Waals surface area contributed by atoms with Gasteiger partial charge in [0.1, 0.15) is 11.2 Å². The van der Waals surface area contributed by atoms with Gasteiger partial charge in [-0.1, -0.05) is 0 Å². The number of carbonyl (C=O) groups is 2. The second kappa shape index (κ2) is 13.1. The molecule has 0 saturated heterocycles. The van der Waals surface area contributed by atoms with Crippen LogP contribution in [0.2, 0.25) is 0 Å². The molecule has 0 heterocycles. The van der Waals surface area contributed by atoms with Crippen molar-refractivity contribution in [3.8, 4) is 0 Å². The molecule has 0 aromatic rings. The first-order valence-corrected chi connectivity index (χ1v) is 9.29. The Kier molecular flexibility index (Phi) is 12.5. The predicted molar refractivity (Wildman–Crippen MR) is 100 cm³/mol. The molecule has 0 atom stereocenters. The Morgan fingerprint density at radius 1 is 0.692 bits per heavy atom. The van der Waals surface area contributed by atoms with Crippen LogP contribution in [0.4, 0.5) is 0 Å². The summed E-state index contributed by atoms with van der Waals surface area (Å²) in [5.41, 5.74) is -0.887. The summed E-state index contributed by atoms with van der Waals surface area (Å²) in [6, 6.07) is 0. The van der Waals surface area contributed by atoms with Crippen molar-refractivity contribution in [3.05, 3.63) is 0 Å². The van der Waals surface area contributed by atoms with Gasteiger partial charge in [-0.25, -0.2) is 0 Å². The molecule has 0 radical (unpaired) electrons. The van der Waals surface area contributed by atoms with Crippen molar-refractivity contribution in [3.63, 3.8) is 0 Å². The molecule has 1 N–H and O–H groups in total. The van der Waals surface area contributed by atoms with E-state index in [2.05, 4.69) is 5.32 Å². The second-order valence-electron chi connectivity index (χ2n) is 8.00. The van der Waals surface area contributed by atoms with Crippen molar-refractivity contribution in [2.24, 2.45) is 0 Å². The smallest absolute Gasteiger partial charge is 0.308 e. The van der Waals surface area contributed by atoms with Crippen molar-refractivity contribution < 1.29 is 28.5 Å². The molecule has 26 heavy (non-hydrogen) atoms. The summed E-state index contributed by atoms with van der Waals surface area (Å²) in [5.74, 6) is -0.437. The summed E-state index contributed by atoms with van der Waals surface area (Å²) in [7, 11) is 0. The molecule has 7 heteroatoms. The number of carbonyl (C=O) groups excluding carboxylic acids is 2. The molecule has 0 aliphatic heterocycles. The summed E-state index contributed by atoms with van der Waals surface area (Å²) < 4.78 is 21.2. The van der Waals surface area contributed by atoms with Crippen LogP contribution in [-0.4, -0.2) is 62.7 Å². The van der Waals surface area contributed by atoms with Crippen LogP contribution >= 0.6 is 0 Å². The van der Waals surface area contributed by atoms with Crippen LogP contribution < -0.4 is 5.32 Å². The molecular formula is C19H37NO6. The molecule has 7 nitrogen and oxygen atoms in total. The largest absolute Gasteiger partial charge is 0.460 e. The fourth-order valence-electron chi connectivity index (χ4n) is 1.88. The normalized spacial score (nSPS) is 12.1. The van der Waals surface area contributed by atoms with Gasteiger partial charge in [-0.2, -0.15) is 0 Å². The Labute approximate surface area is 158 Å². The van der Waals surface area contributed by atoms with Crippen LogP contribution in [0.25, 0.3) is 0 Å². The van der Waals surface area contributed by atoms with Crippen LogP contribution in [0, 0.1) is 0 Å². The third-order valence-corrected chi connectivity index (χ3v) is 2.81. The highest BCUT2D eigenvalue weighted by Crippen LogP contribution is 2.09. The van der Waals surface area contributed by atoms with E-state index in [0.717, 1.165) is 0 Å². The quantitative estimate of drug-likeness (QED) is 0.391. The van der Waals surface area contributed by atoms with Crippen LogP contribution in [0.15, 0.2) is 0 Å². The van der Waals surface area contributed by atoms with E-state index in [4.69, 9.17) is 18.9 Å². The van der Waals surface area contributed by atoms with E-state index in [1.54, 1.807) is 0 Å². The summed E-state index contributed by atoms with van der Waals surface area (Å²) in [5, 5.41) is 3.18. The molecule has 0 amide bonds. The Bertz CT molecular complexity index is 360. The Morgan fingerprint density at radius 3 is 1.65 bits per heavy atom. The minimum atomic E-state index is -0.453. The summed E-state index contributed by atoms with van der Waals surface area (Å²) in [6.07, 6.45) is 1.29. The highest BCUT2D eigenvalue weighted by atomic mass is 16.6. The monoisotopic (exact) mass is 375 g/mol. The van der Waals surface area contributed by atoms with Crippen molar-refractivity contribution in [2.45, 2.75) is 72.0 Å². The number of hydrogen-bond acceptors (Lipinski definition) is 7. The Hall–Kier alpha value is -1.18. The number of esters is 2. The molecule has 0 unspecified atom stereocenters. The summed E-state index contributed by atoms with van der Waals surface area (Å²) >= 11 is 0. The maximum absolute atomic E-state index is 11.5. The lowest BCUT2D eigenvalue weighted by atomic mass is 10.2. The lowest BCUT2D eigenvalue weighted by Gasteiger charge is -2.19. The molecular weight excluding hydrogens is 338 g/mol. The first kappa shape index (κ1) is 24.8. The van der Waals surface area contributed by atoms with Gasteiger partial charge >= 0.3 is 11.9 Å². The van der Waals surface area contributed by atoms with Gasteiger partial charge in [0, 0.05) is 26.1 Å². The molecule has 0 aliphatic carbocycles. The van der Waals surface area contributed by atoms with Crippen molar-refractivity contribution in [1.82, 2.24) is 5.32 Å². The molecule has 0 bridgehead atoms. The van der Waals surface area contributed by atoms with Gasteiger partial charge in [0.25, 0.3) is 0 Å². The maximum atomic E-state index is 11.5. The van der Waals surface area contributed by atoms with E-state index in [1.807, 2.05) is 41.5 Å². The third kappa shape index (κ3) is 19.1. The van der Waals surface area contributed by atoms with Crippen LogP contribution in [0.5, 0.6) is 0 Å². The molecule has 0 saturated carbocycles. The van der Waals surface area contributed by atoms with Crippen molar-refractivity contribution in [2.75, 3.05) is 39.5 Å². The van der Waals surface area contributed by atoms with E-state index in [9.17, 15) is 9.59 Å². The SMILES string of the molecule is CC(C)(C)OC(=O)CCCOCCNCCOCCC(=O)OC(C)(C)C. The highest BCUT2D eigenvalue weighted by Gasteiger charge is 2.16. The van der Waals surface area contributed by atoms with Crippen LogP contribution in [-0.2, 0) is 28.5 Å². The topological polar surface area (TPSA) is 83.1 Å². The fraction of sp³-hybridized carbons (Fsp3) is 0.895. The zero-order valence-corrected chi connectivity index (χ0v) is 17.3. The molecule has 0 aromatic heterocycles. The molecule has 0 spiro atoms. The molecule has 0 rings (SSSR count). The van der Waals surface area contributed by atoms with Gasteiger partial charge in [-0.05, 0) is 48.0 Å². The fourth-order valence-corrected chi connectivity index (χ4v) is 1.88. The van der Waals surface area contributed by atoms with Crippen LogP contribution in [0.3, 0.4) is 0 Å². The minimum Gasteiger partial charge on any atom is -0.460 e. The zero-order chi connectivity index (χ0) is 20.1. The highest BCUT2D eigenvalue weighted by molar-refractivity contribution is 5.70. The lowest BCUT2D eigenvalue weighted by Crippen LogP contribution is -2.26. The standard InChI is InChI=1S/C19H37NO6/c1-18(2,3)25-16(21)8-7-12-23-14-10-20-11-15-24-13-9-17(22)26-19(4,5)6/h20H,7-15H2,1-6H3. The first-order chi connectivity index (χ1) is 12.0. The van der Waals surface area contributed by atoms with Gasteiger partial charge in [0.05, 0.1) is 26.2 Å². The van der Waals surface area contributed by atoms with E-state index < -0.39 is 11.2 Å². The lowest BCUT2D eigenvalue weighted by molar-refractivity contribution is -0.156. The van der Waals surface area contributed by atoms with Gasteiger partial charge in [-0.15, -0.1) is 0 Å². The minimum absolute atomic E-state index is 0.192. The second-order valence-corrected chi connectivity index (χ2v) is 8.00. The number of hydrogen-bond donors (Lipinski definition) is 1. The number of rotatable bonds is 13. The Balaban J connectivity index is 3.32. The van der Waals surface area contributed by atoms with E-state index in [-0.39, 0.29) is 18.4 Å². The maximum Gasteiger partial charge on any atom is 0.308 e. The number of ether oxygens (including phenoxy) is 4. The summed E-state index contributed by atoms with van der Waals surface area (Å²) in [4.78, 5) is 23.0. The average Bonchev–Trinajstić information content (AvgIpc) is 2.44. The average molecular weight is 376 g/mol. The summed E-state index contributed by atoms with van der Waals surface area (Å²) in [6.45, 7) is 14.5. The molecule has 0 aromatic carbocycles. The third-order valence-electron chi connectivity index (χ3n) is 2.81. The molecule has 154 valence electrons. The van der Waals surface area contributed by atoms with Gasteiger partial charge in [0.2, 0.25) is 0 Å². The van der Waals surface area contributed by atoms with E-state index in [0.29, 0.717) is 52.4 Å². The van der Waals surface area contributed by atoms with Crippen molar-refractivity contribution in [1.29, 1.82) is 0 Å². The van der Waals surface area contributed by atoms with E-state index >= 15 is 0 Å². The molecule has 0 aliphatic rings. The van der Waals surface area contributed by atoms with Gasteiger partial charge in [-0.3, -0.25) is 9.59 Å².